The van der Waals surface area contributed by atoms with Crippen LogP contribution in [-0.4, -0.2) is 11.7 Å². The third-order valence-corrected chi connectivity index (χ3v) is 2.09. The molecule has 1 aromatic carbocycles. The zero-order valence-corrected chi connectivity index (χ0v) is 7.95. The molecule has 0 fully saturated rings. The van der Waals surface area contributed by atoms with Crippen molar-refractivity contribution in [3.05, 3.63) is 29.8 Å². The minimum absolute atomic E-state index is 0.123. The zero-order chi connectivity index (χ0) is 9.90. The van der Waals surface area contributed by atoms with Crippen LogP contribution in [0.2, 0.25) is 0 Å². The molecule has 0 amide bonds. The van der Waals surface area contributed by atoms with Crippen molar-refractivity contribution >= 4 is 0 Å². The smallest absolute Gasteiger partial charge is 0.115 e. The van der Waals surface area contributed by atoms with E-state index in [1.807, 2.05) is 26.0 Å². The Morgan fingerprint density at radius 3 is 2.31 bits per heavy atom. The van der Waals surface area contributed by atoms with E-state index in [1.54, 1.807) is 12.1 Å². The van der Waals surface area contributed by atoms with E-state index < -0.39 is 0 Å². The van der Waals surface area contributed by atoms with Gasteiger partial charge in [0.2, 0.25) is 0 Å². The fraction of sp³-hybridized carbons (Fsp3) is 0.400. The summed E-state index contributed by atoms with van der Waals surface area (Å²) in [6.07, 6.45) is 0. The van der Waals surface area contributed by atoms with Gasteiger partial charge in [0.05, 0.1) is 6.61 Å². The molecule has 0 aromatic heterocycles. The lowest BCUT2D eigenvalue weighted by molar-refractivity contribution is 0.0964. The number of hydrogen-bond donors (Lipinski definition) is 2. The predicted molar refractivity (Wildman–Crippen MR) is 51.3 cm³/mol. The summed E-state index contributed by atoms with van der Waals surface area (Å²) in [5, 5.41) is 9.10. The van der Waals surface area contributed by atoms with Gasteiger partial charge in [0.25, 0.3) is 0 Å². The van der Waals surface area contributed by atoms with Gasteiger partial charge in [0, 0.05) is 5.41 Å². The Morgan fingerprint density at radius 1 is 1.31 bits per heavy atom. The van der Waals surface area contributed by atoms with Crippen molar-refractivity contribution in [3.8, 4) is 5.75 Å². The maximum Gasteiger partial charge on any atom is 0.115 e. The van der Waals surface area contributed by atoms with Crippen molar-refractivity contribution in [2.45, 2.75) is 19.3 Å². The maximum absolute atomic E-state index is 9.10. The Kier molecular flexibility index (Phi) is 2.90. The maximum atomic E-state index is 9.10. The molecule has 0 spiro atoms. The fourth-order valence-electron chi connectivity index (χ4n) is 1.20. The van der Waals surface area contributed by atoms with Gasteiger partial charge in [-0.25, -0.2) is 5.90 Å². The van der Waals surface area contributed by atoms with Crippen molar-refractivity contribution in [3.63, 3.8) is 0 Å². The summed E-state index contributed by atoms with van der Waals surface area (Å²) in [5.74, 6) is 5.30. The summed E-state index contributed by atoms with van der Waals surface area (Å²) in [6, 6.07) is 7.06. The number of phenolic OH excluding ortho intramolecular Hbond substituents is 1. The topological polar surface area (TPSA) is 55.5 Å². The molecule has 0 aliphatic rings. The second-order valence-corrected chi connectivity index (χ2v) is 3.74. The van der Waals surface area contributed by atoms with E-state index in [2.05, 4.69) is 4.84 Å². The minimum atomic E-state index is -0.123. The van der Waals surface area contributed by atoms with Crippen molar-refractivity contribution in [2.75, 3.05) is 6.61 Å². The molecule has 0 saturated carbocycles. The summed E-state index contributed by atoms with van der Waals surface area (Å²) < 4.78 is 0. The molecular weight excluding hydrogens is 166 g/mol. The molecule has 3 N–H and O–H groups in total. The Labute approximate surface area is 78.1 Å². The third kappa shape index (κ3) is 2.44. The molecular formula is C10H15NO2. The second-order valence-electron chi connectivity index (χ2n) is 3.74. The normalized spacial score (nSPS) is 11.6. The summed E-state index contributed by atoms with van der Waals surface area (Å²) in [4.78, 5) is 4.63. The number of hydrogen-bond acceptors (Lipinski definition) is 3. The number of rotatable bonds is 3. The van der Waals surface area contributed by atoms with Crippen LogP contribution in [0.3, 0.4) is 0 Å². The number of benzene rings is 1. The molecule has 13 heavy (non-hydrogen) atoms. The largest absolute Gasteiger partial charge is 0.508 e. The van der Waals surface area contributed by atoms with Crippen LogP contribution in [0, 0.1) is 0 Å². The minimum Gasteiger partial charge on any atom is -0.508 e. The van der Waals surface area contributed by atoms with E-state index in [-0.39, 0.29) is 11.2 Å². The highest BCUT2D eigenvalue weighted by atomic mass is 16.6. The molecule has 72 valence electrons. The average Bonchev–Trinajstić information content (AvgIpc) is 2.05. The van der Waals surface area contributed by atoms with Crippen LogP contribution >= 0.6 is 0 Å². The molecule has 0 radical (unpaired) electrons. The summed E-state index contributed by atoms with van der Waals surface area (Å²) in [7, 11) is 0. The fourth-order valence-corrected chi connectivity index (χ4v) is 1.20. The molecule has 3 nitrogen and oxygen atoms in total. The first kappa shape index (κ1) is 10.0. The molecule has 3 heteroatoms. The van der Waals surface area contributed by atoms with Gasteiger partial charge in [-0.05, 0) is 17.7 Å². The standard InChI is InChI=1S/C10H15NO2/c1-10(2,7-13-11)8-3-5-9(12)6-4-8/h3-6,12H,7,11H2,1-2H3. The Morgan fingerprint density at radius 2 is 1.85 bits per heavy atom. The quantitative estimate of drug-likeness (QED) is 0.696. The van der Waals surface area contributed by atoms with E-state index in [1.165, 1.54) is 0 Å². The van der Waals surface area contributed by atoms with Gasteiger partial charge in [0.15, 0.2) is 0 Å². The monoisotopic (exact) mass is 181 g/mol. The van der Waals surface area contributed by atoms with Crippen LogP contribution in [0.4, 0.5) is 0 Å². The molecule has 0 aliphatic heterocycles. The van der Waals surface area contributed by atoms with Crippen molar-refractivity contribution in [1.29, 1.82) is 0 Å². The Bertz CT molecular complexity index is 267. The van der Waals surface area contributed by atoms with Gasteiger partial charge < -0.3 is 9.94 Å². The SMILES string of the molecule is CC(C)(CON)c1ccc(O)cc1. The molecule has 0 unspecified atom stereocenters. The molecule has 0 aliphatic carbocycles. The molecule has 0 bridgehead atoms. The van der Waals surface area contributed by atoms with Gasteiger partial charge in [-0.2, -0.15) is 0 Å². The van der Waals surface area contributed by atoms with Crippen LogP contribution in [0.1, 0.15) is 19.4 Å². The predicted octanol–water partition coefficient (Wildman–Crippen LogP) is 1.56. The first-order valence-corrected chi connectivity index (χ1v) is 4.17. The lowest BCUT2D eigenvalue weighted by atomic mass is 9.86. The van der Waals surface area contributed by atoms with Gasteiger partial charge in [0.1, 0.15) is 5.75 Å². The van der Waals surface area contributed by atoms with Gasteiger partial charge in [-0.1, -0.05) is 26.0 Å². The van der Waals surface area contributed by atoms with E-state index in [9.17, 15) is 0 Å². The first-order valence-electron chi connectivity index (χ1n) is 4.17. The molecule has 0 atom stereocenters. The number of aromatic hydroxyl groups is 1. The molecule has 0 saturated heterocycles. The van der Waals surface area contributed by atoms with Crippen LogP contribution in [0.25, 0.3) is 0 Å². The Balaban J connectivity index is 2.87. The van der Waals surface area contributed by atoms with Crippen LogP contribution in [0.5, 0.6) is 5.75 Å². The van der Waals surface area contributed by atoms with Gasteiger partial charge in [-0.15, -0.1) is 0 Å². The second kappa shape index (κ2) is 3.77. The molecule has 0 heterocycles. The highest BCUT2D eigenvalue weighted by molar-refractivity contribution is 5.30. The van der Waals surface area contributed by atoms with Crippen LogP contribution < -0.4 is 5.90 Å². The highest BCUT2D eigenvalue weighted by Gasteiger charge is 2.20. The summed E-state index contributed by atoms with van der Waals surface area (Å²) in [5.41, 5.74) is 0.971. The summed E-state index contributed by atoms with van der Waals surface area (Å²) >= 11 is 0. The van der Waals surface area contributed by atoms with Crippen molar-refractivity contribution in [1.82, 2.24) is 0 Å². The van der Waals surface area contributed by atoms with Crippen LogP contribution in [0.15, 0.2) is 24.3 Å². The third-order valence-electron chi connectivity index (χ3n) is 2.09. The lowest BCUT2D eigenvalue weighted by Crippen LogP contribution is -2.26. The number of phenols is 1. The van der Waals surface area contributed by atoms with E-state index in [0.29, 0.717) is 6.61 Å². The highest BCUT2D eigenvalue weighted by Crippen LogP contribution is 2.24. The molecule has 1 aromatic rings. The molecule has 1 rings (SSSR count). The van der Waals surface area contributed by atoms with Gasteiger partial charge in [-0.3, -0.25) is 0 Å². The van der Waals surface area contributed by atoms with Crippen molar-refractivity contribution in [2.24, 2.45) is 5.90 Å². The van der Waals surface area contributed by atoms with Crippen LogP contribution in [-0.2, 0) is 10.3 Å². The average molecular weight is 181 g/mol. The van der Waals surface area contributed by atoms with Crippen molar-refractivity contribution < 1.29 is 9.94 Å². The van der Waals surface area contributed by atoms with Gasteiger partial charge >= 0.3 is 0 Å². The summed E-state index contributed by atoms with van der Waals surface area (Å²) in [6.45, 7) is 4.52. The lowest BCUT2D eigenvalue weighted by Gasteiger charge is -2.23. The number of nitrogens with two attached hydrogens (primary N) is 1. The zero-order valence-electron chi connectivity index (χ0n) is 7.95. The first-order chi connectivity index (χ1) is 6.06. The van der Waals surface area contributed by atoms with E-state index in [0.717, 1.165) is 5.56 Å². The Hall–Kier alpha value is -1.06. The van der Waals surface area contributed by atoms with E-state index in [4.69, 9.17) is 11.0 Å². The van der Waals surface area contributed by atoms with E-state index >= 15 is 0 Å².